The summed E-state index contributed by atoms with van der Waals surface area (Å²) >= 11 is 7.09. The minimum atomic E-state index is -4.46. The fourth-order valence-electron chi connectivity index (χ4n) is 2.73. The molecule has 1 saturated heterocycles. The van der Waals surface area contributed by atoms with Crippen LogP contribution in [0.2, 0.25) is 5.02 Å². The molecule has 0 unspecified atom stereocenters. The first-order valence-electron chi connectivity index (χ1n) is 7.85. The van der Waals surface area contributed by atoms with Crippen molar-refractivity contribution in [2.75, 3.05) is 16.8 Å². The van der Waals surface area contributed by atoms with Crippen LogP contribution in [0.15, 0.2) is 24.4 Å². The van der Waals surface area contributed by atoms with Crippen LogP contribution in [0.25, 0.3) is 0 Å². The molecule has 146 valence electrons. The highest BCUT2D eigenvalue weighted by Gasteiger charge is 2.33. The molecule has 1 aliphatic heterocycles. The average Bonchev–Trinajstić information content (AvgIpc) is 3.14. The summed E-state index contributed by atoms with van der Waals surface area (Å²) in [5.41, 5.74) is -0.489. The van der Waals surface area contributed by atoms with Gasteiger partial charge in [0.2, 0.25) is 5.91 Å². The molecule has 1 atom stereocenters. The number of benzene rings is 1. The summed E-state index contributed by atoms with van der Waals surface area (Å²) in [5.74, 6) is -1.23. The van der Waals surface area contributed by atoms with E-state index >= 15 is 0 Å². The van der Waals surface area contributed by atoms with E-state index in [4.69, 9.17) is 11.6 Å². The second-order valence-corrected chi connectivity index (χ2v) is 9.95. The van der Waals surface area contributed by atoms with E-state index in [0.29, 0.717) is 10.4 Å². The highest BCUT2D eigenvalue weighted by atomic mass is 35.5. The molecule has 3 rings (SSSR count). The lowest BCUT2D eigenvalue weighted by Gasteiger charge is -2.09. The SMILES string of the molecule is O=C(Nc1ncc(Cc2cc(C(F)(F)F)ccc2Cl)s1)[C@H]1CCS(=O)(=O)C1. The summed E-state index contributed by atoms with van der Waals surface area (Å²) in [5, 5.41) is 3.04. The summed E-state index contributed by atoms with van der Waals surface area (Å²) in [6.45, 7) is 0. The highest BCUT2D eigenvalue weighted by Crippen LogP contribution is 2.33. The number of amides is 1. The van der Waals surface area contributed by atoms with Crippen LogP contribution in [0, 0.1) is 5.92 Å². The maximum atomic E-state index is 12.8. The maximum absolute atomic E-state index is 12.8. The Labute approximate surface area is 162 Å². The minimum absolute atomic E-state index is 0.0117. The van der Waals surface area contributed by atoms with E-state index in [2.05, 4.69) is 10.3 Å². The lowest BCUT2D eigenvalue weighted by molar-refractivity contribution is -0.137. The number of hydrogen-bond acceptors (Lipinski definition) is 5. The fraction of sp³-hybridized carbons (Fsp3) is 0.375. The molecule has 1 aliphatic rings. The number of carbonyl (C=O) groups is 1. The summed E-state index contributed by atoms with van der Waals surface area (Å²) in [4.78, 5) is 16.8. The van der Waals surface area contributed by atoms with Crippen molar-refractivity contribution in [1.82, 2.24) is 4.98 Å². The molecule has 0 bridgehead atoms. The van der Waals surface area contributed by atoms with Crippen molar-refractivity contribution >= 4 is 43.8 Å². The van der Waals surface area contributed by atoms with Gasteiger partial charge < -0.3 is 5.32 Å². The number of anilines is 1. The topological polar surface area (TPSA) is 76.1 Å². The van der Waals surface area contributed by atoms with Gasteiger partial charge in [0.1, 0.15) is 0 Å². The van der Waals surface area contributed by atoms with E-state index in [1.165, 1.54) is 12.3 Å². The Morgan fingerprint density at radius 3 is 2.74 bits per heavy atom. The molecule has 0 radical (unpaired) electrons. The van der Waals surface area contributed by atoms with Gasteiger partial charge in [0.05, 0.1) is 23.0 Å². The molecule has 2 heterocycles. The Hall–Kier alpha value is -1.65. The summed E-state index contributed by atoms with van der Waals surface area (Å²) in [7, 11) is -3.17. The monoisotopic (exact) mass is 438 g/mol. The van der Waals surface area contributed by atoms with E-state index < -0.39 is 33.4 Å². The van der Waals surface area contributed by atoms with Gasteiger partial charge in [0.25, 0.3) is 0 Å². The number of thiazole rings is 1. The zero-order valence-electron chi connectivity index (χ0n) is 13.7. The normalized spacial score (nSPS) is 19.2. The molecule has 1 aromatic carbocycles. The lowest BCUT2D eigenvalue weighted by atomic mass is 10.1. The van der Waals surface area contributed by atoms with E-state index in [1.54, 1.807) is 0 Å². The first-order chi connectivity index (χ1) is 12.5. The highest BCUT2D eigenvalue weighted by molar-refractivity contribution is 7.91. The van der Waals surface area contributed by atoms with Gasteiger partial charge in [0, 0.05) is 22.5 Å². The van der Waals surface area contributed by atoms with Crippen LogP contribution in [0.3, 0.4) is 0 Å². The number of rotatable bonds is 4. The van der Waals surface area contributed by atoms with Crippen LogP contribution in [-0.4, -0.2) is 30.8 Å². The number of nitrogens with one attached hydrogen (secondary N) is 1. The maximum Gasteiger partial charge on any atom is 0.416 e. The van der Waals surface area contributed by atoms with Crippen LogP contribution < -0.4 is 5.32 Å². The summed E-state index contributed by atoms with van der Waals surface area (Å²) in [6, 6.07) is 3.10. The first-order valence-corrected chi connectivity index (χ1v) is 10.9. The third-order valence-electron chi connectivity index (χ3n) is 4.12. The Kier molecular flexibility index (Phi) is 5.51. The van der Waals surface area contributed by atoms with Gasteiger partial charge in [-0.15, -0.1) is 11.3 Å². The van der Waals surface area contributed by atoms with E-state index in [9.17, 15) is 26.4 Å². The predicted molar refractivity (Wildman–Crippen MR) is 96.8 cm³/mol. The average molecular weight is 439 g/mol. The Morgan fingerprint density at radius 2 is 2.11 bits per heavy atom. The van der Waals surface area contributed by atoms with Crippen LogP contribution in [0.5, 0.6) is 0 Å². The minimum Gasteiger partial charge on any atom is -0.302 e. The number of aromatic nitrogens is 1. The third-order valence-corrected chi connectivity index (χ3v) is 7.17. The van der Waals surface area contributed by atoms with Gasteiger partial charge in [-0.1, -0.05) is 11.6 Å². The van der Waals surface area contributed by atoms with Crippen LogP contribution in [0.1, 0.15) is 22.4 Å². The number of sulfone groups is 1. The smallest absolute Gasteiger partial charge is 0.302 e. The first kappa shape index (κ1) is 20.1. The number of halogens is 4. The van der Waals surface area contributed by atoms with Crippen LogP contribution >= 0.6 is 22.9 Å². The molecule has 11 heteroatoms. The third kappa shape index (κ3) is 4.99. The molecule has 5 nitrogen and oxygen atoms in total. The van der Waals surface area contributed by atoms with E-state index in [1.807, 2.05) is 0 Å². The molecular weight excluding hydrogens is 425 g/mol. The number of nitrogens with zero attached hydrogens (tertiary/aromatic N) is 1. The Bertz CT molecular complexity index is 974. The molecule has 1 fully saturated rings. The molecule has 1 amide bonds. The van der Waals surface area contributed by atoms with Crippen molar-refractivity contribution in [2.45, 2.75) is 19.0 Å². The van der Waals surface area contributed by atoms with Crippen molar-refractivity contribution in [2.24, 2.45) is 5.92 Å². The zero-order chi connectivity index (χ0) is 19.8. The van der Waals surface area contributed by atoms with Crippen LogP contribution in [0.4, 0.5) is 18.3 Å². The summed E-state index contributed by atoms with van der Waals surface area (Å²) < 4.78 is 61.4. The van der Waals surface area contributed by atoms with E-state index in [0.717, 1.165) is 23.5 Å². The van der Waals surface area contributed by atoms with Gasteiger partial charge in [-0.3, -0.25) is 4.79 Å². The van der Waals surface area contributed by atoms with Crippen LogP contribution in [-0.2, 0) is 27.2 Å². The van der Waals surface area contributed by atoms with Crippen molar-refractivity contribution in [3.63, 3.8) is 0 Å². The molecular formula is C16H14ClF3N2O3S2. The molecule has 2 aromatic rings. The molecule has 27 heavy (non-hydrogen) atoms. The van der Waals surface area contributed by atoms with E-state index in [-0.39, 0.29) is 34.5 Å². The number of hydrogen-bond donors (Lipinski definition) is 1. The fourth-order valence-corrected chi connectivity index (χ4v) is 5.49. The van der Waals surface area contributed by atoms with Gasteiger partial charge in [-0.2, -0.15) is 13.2 Å². The molecule has 1 N–H and O–H groups in total. The predicted octanol–water partition coefficient (Wildman–Crippen LogP) is 3.78. The van der Waals surface area contributed by atoms with Gasteiger partial charge >= 0.3 is 6.18 Å². The Balaban J connectivity index is 1.69. The molecule has 0 aliphatic carbocycles. The second-order valence-electron chi connectivity index (χ2n) is 6.20. The molecule has 1 aromatic heterocycles. The summed E-state index contributed by atoms with van der Waals surface area (Å²) in [6.07, 6.45) is -2.61. The van der Waals surface area contributed by atoms with Crippen molar-refractivity contribution in [3.05, 3.63) is 45.4 Å². The lowest BCUT2D eigenvalue weighted by Crippen LogP contribution is -2.23. The van der Waals surface area contributed by atoms with Crippen molar-refractivity contribution in [3.8, 4) is 0 Å². The Morgan fingerprint density at radius 1 is 1.37 bits per heavy atom. The van der Waals surface area contributed by atoms with Crippen molar-refractivity contribution < 1.29 is 26.4 Å². The quantitative estimate of drug-likeness (QED) is 0.788. The number of carbonyl (C=O) groups excluding carboxylic acids is 1. The van der Waals surface area contributed by atoms with Gasteiger partial charge in [0.15, 0.2) is 15.0 Å². The number of alkyl halides is 3. The van der Waals surface area contributed by atoms with Gasteiger partial charge in [-0.25, -0.2) is 13.4 Å². The largest absolute Gasteiger partial charge is 0.416 e. The standard InChI is InChI=1S/C16H14ClF3N2O3S2/c17-13-2-1-11(16(18,19)20)5-10(13)6-12-7-21-15(26-12)22-14(23)9-3-4-27(24,25)8-9/h1-2,5,7,9H,3-4,6,8H2,(H,21,22,23)/t9-/m0/s1. The van der Waals surface area contributed by atoms with Crippen molar-refractivity contribution in [1.29, 1.82) is 0 Å². The zero-order valence-corrected chi connectivity index (χ0v) is 16.1. The second kappa shape index (κ2) is 7.40. The molecule has 0 saturated carbocycles. The molecule has 0 spiro atoms. The van der Waals surface area contributed by atoms with Gasteiger partial charge in [-0.05, 0) is 30.2 Å².